The number of aromatic nitrogens is 2. The number of alkyl halides is 3. The Hall–Kier alpha value is -2.51. The Morgan fingerprint density at radius 1 is 1.55 bits per heavy atom. The highest BCUT2D eigenvalue weighted by molar-refractivity contribution is 5.95. The number of pyridine rings is 1. The molecule has 2 rings (SSSR count). The van der Waals surface area contributed by atoms with Crippen molar-refractivity contribution in [1.29, 1.82) is 0 Å². The molecule has 0 N–H and O–H groups in total. The molecule has 22 heavy (non-hydrogen) atoms. The average molecular weight is 313 g/mol. The van der Waals surface area contributed by atoms with Gasteiger partial charge < -0.3 is 9.64 Å². The molecule has 0 radical (unpaired) electrons. The summed E-state index contributed by atoms with van der Waals surface area (Å²) in [7, 11) is 2.71. The van der Waals surface area contributed by atoms with E-state index in [1.807, 2.05) is 0 Å². The number of hydrogen-bond donors (Lipinski definition) is 0. The Morgan fingerprint density at radius 2 is 2.23 bits per heavy atom. The number of halogens is 3. The van der Waals surface area contributed by atoms with Gasteiger partial charge in [0, 0.05) is 19.8 Å². The van der Waals surface area contributed by atoms with Crippen molar-refractivity contribution in [2.75, 3.05) is 20.7 Å². The van der Waals surface area contributed by atoms with Gasteiger partial charge in [0.2, 0.25) is 0 Å². The first-order valence-corrected chi connectivity index (χ1v) is 6.29. The van der Waals surface area contributed by atoms with E-state index in [2.05, 4.69) is 11.6 Å². The van der Waals surface area contributed by atoms with Crippen LogP contribution < -0.4 is 4.74 Å². The van der Waals surface area contributed by atoms with Gasteiger partial charge in [-0.25, -0.2) is 4.98 Å². The highest BCUT2D eigenvalue weighted by Gasteiger charge is 2.41. The maximum absolute atomic E-state index is 13.2. The third-order valence-corrected chi connectivity index (χ3v) is 3.05. The average Bonchev–Trinajstić information content (AvgIpc) is 2.86. The fourth-order valence-electron chi connectivity index (χ4n) is 2.06. The van der Waals surface area contributed by atoms with Crippen LogP contribution in [0.4, 0.5) is 13.2 Å². The van der Waals surface area contributed by atoms with Crippen molar-refractivity contribution >= 4 is 11.6 Å². The molecular formula is C14H14F3N3O2. The Kier molecular flexibility index (Phi) is 4.11. The number of fused-ring (bicyclic) bond motifs is 1. The van der Waals surface area contributed by atoms with E-state index in [9.17, 15) is 18.0 Å². The maximum atomic E-state index is 13.2. The number of amides is 1. The van der Waals surface area contributed by atoms with Crippen LogP contribution in [-0.2, 0) is 6.18 Å². The van der Waals surface area contributed by atoms with Crippen LogP contribution >= 0.6 is 0 Å². The lowest BCUT2D eigenvalue weighted by molar-refractivity contribution is -0.141. The smallest absolute Gasteiger partial charge is 0.435 e. The fourth-order valence-corrected chi connectivity index (χ4v) is 2.06. The van der Waals surface area contributed by atoms with E-state index in [0.29, 0.717) is 0 Å². The molecule has 0 saturated carbocycles. The van der Waals surface area contributed by atoms with Gasteiger partial charge in [0.1, 0.15) is 5.69 Å². The van der Waals surface area contributed by atoms with E-state index in [4.69, 9.17) is 4.74 Å². The van der Waals surface area contributed by atoms with Crippen molar-refractivity contribution < 1.29 is 22.7 Å². The molecule has 8 heteroatoms. The largest absolute Gasteiger partial charge is 0.493 e. The number of methoxy groups -OCH3 is 1. The van der Waals surface area contributed by atoms with E-state index in [1.54, 1.807) is 0 Å². The zero-order valence-electron chi connectivity index (χ0n) is 12.0. The standard InChI is InChI=1S/C14H14F3N3O2/c1-4-7-19(2)13(21)10-11(14(15,16)17)18-12-9(22-3)6-5-8-20(10)12/h4-6,8H,1,7H2,2-3H3. The Morgan fingerprint density at radius 3 is 2.77 bits per heavy atom. The summed E-state index contributed by atoms with van der Waals surface area (Å²) in [5.74, 6) is -0.647. The molecular weight excluding hydrogens is 299 g/mol. The minimum Gasteiger partial charge on any atom is -0.493 e. The molecule has 0 bridgehead atoms. The second-order valence-electron chi connectivity index (χ2n) is 4.55. The number of nitrogens with zero attached hydrogens (tertiary/aromatic N) is 3. The highest BCUT2D eigenvalue weighted by Crippen LogP contribution is 2.34. The molecule has 0 atom stereocenters. The lowest BCUT2D eigenvalue weighted by Gasteiger charge is -2.16. The molecule has 0 saturated heterocycles. The zero-order chi connectivity index (χ0) is 16.5. The summed E-state index contributed by atoms with van der Waals surface area (Å²) >= 11 is 0. The monoisotopic (exact) mass is 313 g/mol. The molecule has 0 fully saturated rings. The van der Waals surface area contributed by atoms with Crippen LogP contribution in [0.3, 0.4) is 0 Å². The van der Waals surface area contributed by atoms with Gasteiger partial charge in [-0.05, 0) is 12.1 Å². The van der Waals surface area contributed by atoms with Gasteiger partial charge in [-0.15, -0.1) is 6.58 Å². The molecule has 5 nitrogen and oxygen atoms in total. The lowest BCUT2D eigenvalue weighted by Crippen LogP contribution is -2.30. The van der Waals surface area contributed by atoms with Gasteiger partial charge in [0.25, 0.3) is 5.91 Å². The third-order valence-electron chi connectivity index (χ3n) is 3.05. The first-order chi connectivity index (χ1) is 10.3. The zero-order valence-corrected chi connectivity index (χ0v) is 12.0. The summed E-state index contributed by atoms with van der Waals surface area (Å²) in [6, 6.07) is 2.96. The van der Waals surface area contributed by atoms with Gasteiger partial charge in [-0.3, -0.25) is 9.20 Å². The van der Waals surface area contributed by atoms with E-state index >= 15 is 0 Å². The molecule has 0 aliphatic heterocycles. The summed E-state index contributed by atoms with van der Waals surface area (Å²) in [4.78, 5) is 17.0. The summed E-state index contributed by atoms with van der Waals surface area (Å²) in [5.41, 5.74) is -1.85. The number of ether oxygens (including phenoxy) is 1. The van der Waals surface area contributed by atoms with Crippen LogP contribution in [0.25, 0.3) is 5.65 Å². The second-order valence-corrected chi connectivity index (χ2v) is 4.55. The molecule has 1 amide bonds. The van der Waals surface area contributed by atoms with Crippen LogP contribution in [0.2, 0.25) is 0 Å². The molecule has 0 aromatic carbocycles. The summed E-state index contributed by atoms with van der Waals surface area (Å²) < 4.78 is 45.8. The lowest BCUT2D eigenvalue weighted by atomic mass is 10.2. The van der Waals surface area contributed by atoms with E-state index in [0.717, 1.165) is 9.30 Å². The SMILES string of the molecule is C=CCN(C)C(=O)c1c(C(F)(F)F)nc2c(OC)cccn12. The van der Waals surface area contributed by atoms with Crippen LogP contribution in [0.15, 0.2) is 31.0 Å². The number of carbonyl (C=O) groups is 1. The molecule has 0 aliphatic carbocycles. The minimum atomic E-state index is -4.75. The predicted molar refractivity (Wildman–Crippen MR) is 73.9 cm³/mol. The molecule has 118 valence electrons. The molecule has 0 spiro atoms. The summed E-state index contributed by atoms with van der Waals surface area (Å²) in [6.07, 6.45) is -1.99. The van der Waals surface area contributed by atoms with Crippen LogP contribution in [0.5, 0.6) is 5.75 Å². The third kappa shape index (κ3) is 2.63. The van der Waals surface area contributed by atoms with Crippen LogP contribution in [0, 0.1) is 0 Å². The Balaban J connectivity index is 2.74. The first kappa shape index (κ1) is 15.9. The van der Waals surface area contributed by atoms with Gasteiger partial charge in [-0.2, -0.15) is 13.2 Å². The van der Waals surface area contributed by atoms with Gasteiger partial charge in [-0.1, -0.05) is 6.08 Å². The summed E-state index contributed by atoms with van der Waals surface area (Å²) in [5, 5.41) is 0. The number of carbonyl (C=O) groups excluding carboxylic acids is 1. The van der Waals surface area contributed by atoms with E-state index < -0.39 is 23.5 Å². The minimum absolute atomic E-state index is 0.0623. The number of likely N-dealkylation sites (N-methyl/N-ethyl adjacent to an activating group) is 1. The van der Waals surface area contributed by atoms with Crippen molar-refractivity contribution in [1.82, 2.24) is 14.3 Å². The van der Waals surface area contributed by atoms with Crippen molar-refractivity contribution in [2.24, 2.45) is 0 Å². The van der Waals surface area contributed by atoms with Crippen molar-refractivity contribution in [3.8, 4) is 5.75 Å². The number of rotatable bonds is 4. The van der Waals surface area contributed by atoms with Crippen molar-refractivity contribution in [3.05, 3.63) is 42.4 Å². The first-order valence-electron chi connectivity index (χ1n) is 6.29. The fraction of sp³-hybridized carbons (Fsp3) is 0.286. The van der Waals surface area contributed by atoms with Gasteiger partial charge in [0.15, 0.2) is 17.1 Å². The normalized spacial score (nSPS) is 11.5. The van der Waals surface area contributed by atoms with Crippen molar-refractivity contribution in [2.45, 2.75) is 6.18 Å². The van der Waals surface area contributed by atoms with Gasteiger partial charge in [0.05, 0.1) is 7.11 Å². The number of hydrogen-bond acceptors (Lipinski definition) is 3. The van der Waals surface area contributed by atoms with Crippen LogP contribution in [0.1, 0.15) is 16.2 Å². The van der Waals surface area contributed by atoms with Gasteiger partial charge >= 0.3 is 6.18 Å². The Bertz CT molecular complexity index is 722. The molecule has 2 aromatic rings. The maximum Gasteiger partial charge on any atom is 0.435 e. The van der Waals surface area contributed by atoms with Crippen molar-refractivity contribution in [3.63, 3.8) is 0 Å². The van der Waals surface area contributed by atoms with Crippen LogP contribution in [-0.4, -0.2) is 40.9 Å². The summed E-state index contributed by atoms with van der Waals surface area (Å²) in [6.45, 7) is 3.59. The highest BCUT2D eigenvalue weighted by atomic mass is 19.4. The Labute approximate surface area is 124 Å². The molecule has 2 heterocycles. The molecule has 0 aliphatic rings. The second kappa shape index (κ2) is 5.70. The molecule has 0 unspecified atom stereocenters. The molecule has 2 aromatic heterocycles. The number of imidazole rings is 1. The topological polar surface area (TPSA) is 46.8 Å². The predicted octanol–water partition coefficient (Wildman–Crippen LogP) is 2.62. The quantitative estimate of drug-likeness (QED) is 0.815. The van der Waals surface area contributed by atoms with E-state index in [-0.39, 0.29) is 17.9 Å². The van der Waals surface area contributed by atoms with E-state index in [1.165, 1.54) is 38.6 Å².